The average Bonchev–Trinajstić information content (AvgIpc) is 2.73. The maximum atomic E-state index is 12.1. The van der Waals surface area contributed by atoms with Gasteiger partial charge in [-0.3, -0.25) is 9.78 Å². The van der Waals surface area contributed by atoms with Crippen molar-refractivity contribution in [3.05, 3.63) is 58.9 Å². The number of benzene rings is 1. The third-order valence-corrected chi connectivity index (χ3v) is 4.65. The first-order valence-corrected chi connectivity index (χ1v) is 9.56. The first-order chi connectivity index (χ1) is 14.5. The third-order valence-electron chi connectivity index (χ3n) is 4.33. The van der Waals surface area contributed by atoms with E-state index in [2.05, 4.69) is 22.4 Å². The second-order valence-corrected chi connectivity index (χ2v) is 7.22. The van der Waals surface area contributed by atoms with E-state index in [0.29, 0.717) is 10.6 Å². The summed E-state index contributed by atoms with van der Waals surface area (Å²) in [6.07, 6.45) is -0.102. The zero-order valence-electron chi connectivity index (χ0n) is 16.8. The molecule has 1 aromatic carbocycles. The van der Waals surface area contributed by atoms with Gasteiger partial charge in [-0.15, -0.1) is 0 Å². The van der Waals surface area contributed by atoms with Crippen molar-refractivity contribution >= 4 is 29.1 Å². The van der Waals surface area contributed by atoms with E-state index in [-0.39, 0.29) is 5.91 Å². The molecule has 2 heterocycles. The number of carboxylic acid groups (broad SMARTS) is 1. The smallest absolute Gasteiger partial charge is 0.475 e. The predicted molar refractivity (Wildman–Crippen MR) is 112 cm³/mol. The lowest BCUT2D eigenvalue weighted by molar-refractivity contribution is -0.192. The van der Waals surface area contributed by atoms with Crippen LogP contribution in [-0.2, 0) is 4.79 Å². The number of nitrogens with one attached hydrogen (secondary N) is 1. The van der Waals surface area contributed by atoms with Crippen molar-refractivity contribution in [2.75, 3.05) is 27.2 Å². The first-order valence-electron chi connectivity index (χ1n) is 9.18. The molecule has 6 nitrogen and oxygen atoms in total. The molecule has 0 atom stereocenters. The van der Waals surface area contributed by atoms with Crippen LogP contribution >= 0.6 is 11.6 Å². The molecule has 1 amide bonds. The normalized spacial score (nSPS) is 13.5. The van der Waals surface area contributed by atoms with E-state index in [9.17, 15) is 18.0 Å². The summed E-state index contributed by atoms with van der Waals surface area (Å²) in [5.74, 6) is -2.85. The number of halogens is 4. The van der Waals surface area contributed by atoms with Crippen LogP contribution in [0.15, 0.2) is 42.6 Å². The Kier molecular flexibility index (Phi) is 8.18. The van der Waals surface area contributed by atoms with Gasteiger partial charge in [0.15, 0.2) is 0 Å². The molecular formula is C21H21ClF3N3O3. The quantitative estimate of drug-likeness (QED) is 0.727. The number of hydrogen-bond acceptors (Lipinski definition) is 4. The van der Waals surface area contributed by atoms with Gasteiger partial charge < -0.3 is 15.3 Å². The van der Waals surface area contributed by atoms with Crippen LogP contribution < -0.4 is 5.32 Å². The molecule has 1 aromatic heterocycles. The fourth-order valence-corrected chi connectivity index (χ4v) is 3.01. The Morgan fingerprint density at radius 1 is 1.16 bits per heavy atom. The fourth-order valence-electron chi connectivity index (χ4n) is 2.75. The van der Waals surface area contributed by atoms with Crippen LogP contribution in [0.25, 0.3) is 16.7 Å². The van der Waals surface area contributed by atoms with E-state index in [0.717, 1.165) is 36.3 Å². The Morgan fingerprint density at radius 2 is 1.81 bits per heavy atom. The third kappa shape index (κ3) is 6.80. The number of aliphatic carboxylic acids is 1. The highest BCUT2D eigenvalue weighted by molar-refractivity contribution is 6.34. The fraction of sp³-hybridized carbons (Fsp3) is 0.286. The number of alkyl halides is 3. The maximum absolute atomic E-state index is 12.1. The zero-order chi connectivity index (χ0) is 23.2. The number of amides is 1. The minimum Gasteiger partial charge on any atom is -0.475 e. The summed E-state index contributed by atoms with van der Waals surface area (Å²) in [6.45, 7) is 1.86. The Balaban J connectivity index is 0.000000423. The van der Waals surface area contributed by atoms with Crippen molar-refractivity contribution < 1.29 is 27.9 Å². The molecule has 0 unspecified atom stereocenters. The van der Waals surface area contributed by atoms with E-state index >= 15 is 0 Å². The Bertz CT molecular complexity index is 991. The van der Waals surface area contributed by atoms with Gasteiger partial charge in [0.1, 0.15) is 0 Å². The molecule has 10 heteroatoms. The summed E-state index contributed by atoms with van der Waals surface area (Å²) < 4.78 is 31.7. The Hall–Kier alpha value is -2.91. The highest BCUT2D eigenvalue weighted by atomic mass is 35.5. The lowest BCUT2D eigenvalue weighted by atomic mass is 10.00. The Morgan fingerprint density at radius 3 is 2.32 bits per heavy atom. The second kappa shape index (κ2) is 10.4. The van der Waals surface area contributed by atoms with Gasteiger partial charge in [0.25, 0.3) is 5.91 Å². The number of aromatic nitrogens is 1. The number of pyridine rings is 1. The van der Waals surface area contributed by atoms with Crippen LogP contribution in [0.2, 0.25) is 5.02 Å². The van der Waals surface area contributed by atoms with Crippen LogP contribution in [0.1, 0.15) is 22.5 Å². The van der Waals surface area contributed by atoms with Gasteiger partial charge >= 0.3 is 12.1 Å². The average molecular weight is 456 g/mol. The maximum Gasteiger partial charge on any atom is 0.490 e. The van der Waals surface area contributed by atoms with Crippen molar-refractivity contribution in [1.29, 1.82) is 0 Å². The number of rotatable bonds is 3. The van der Waals surface area contributed by atoms with Crippen molar-refractivity contribution in [2.24, 2.45) is 0 Å². The predicted octanol–water partition coefficient (Wildman–Crippen LogP) is 4.11. The van der Waals surface area contributed by atoms with Crippen LogP contribution in [0, 0.1) is 0 Å². The molecule has 31 heavy (non-hydrogen) atoms. The SMILES string of the molecule is CN(C)C(=O)c1ccc(-c2ccnc(C3=CCNCC3)c2)cc1Cl.O=C(O)C(F)(F)F. The van der Waals surface area contributed by atoms with Crippen molar-refractivity contribution in [2.45, 2.75) is 12.6 Å². The van der Waals surface area contributed by atoms with Gasteiger partial charge in [-0.2, -0.15) is 13.2 Å². The number of hydrogen-bond donors (Lipinski definition) is 2. The molecule has 3 rings (SSSR count). The number of carboxylic acids is 1. The van der Waals surface area contributed by atoms with Gasteiger partial charge in [-0.1, -0.05) is 23.7 Å². The lowest BCUT2D eigenvalue weighted by Gasteiger charge is -2.15. The zero-order valence-corrected chi connectivity index (χ0v) is 17.6. The van der Waals surface area contributed by atoms with Crippen LogP contribution in [0.5, 0.6) is 0 Å². The standard InChI is InChI=1S/C19H20ClN3O.C2HF3O2/c1-23(2)19(24)16-4-3-14(11-17(16)20)15-7-10-22-18(12-15)13-5-8-21-9-6-13;3-2(4,5)1(6)7/h3-5,7,10-12,21H,6,8-9H2,1-2H3;(H,6,7). The molecule has 2 N–H and O–H groups in total. The molecule has 0 radical (unpaired) electrons. The van der Waals surface area contributed by atoms with E-state index < -0.39 is 12.1 Å². The lowest BCUT2D eigenvalue weighted by Crippen LogP contribution is -2.21. The molecule has 0 spiro atoms. The summed E-state index contributed by atoms with van der Waals surface area (Å²) in [5, 5.41) is 10.9. The molecule has 1 aliphatic rings. The molecule has 2 aromatic rings. The molecule has 0 fully saturated rings. The van der Waals surface area contributed by atoms with Crippen molar-refractivity contribution in [1.82, 2.24) is 15.2 Å². The molecule has 0 aliphatic carbocycles. The molecule has 0 saturated carbocycles. The Labute approximate surface area is 182 Å². The summed E-state index contributed by atoms with van der Waals surface area (Å²) in [4.78, 5) is 27.0. The van der Waals surface area contributed by atoms with Crippen LogP contribution in [0.3, 0.4) is 0 Å². The summed E-state index contributed by atoms with van der Waals surface area (Å²) in [6, 6.07) is 9.59. The van der Waals surface area contributed by atoms with E-state index in [1.165, 1.54) is 10.5 Å². The number of carbonyl (C=O) groups is 2. The second-order valence-electron chi connectivity index (χ2n) is 6.81. The van der Waals surface area contributed by atoms with Gasteiger partial charge in [0.05, 0.1) is 16.3 Å². The van der Waals surface area contributed by atoms with E-state index in [1.54, 1.807) is 20.2 Å². The first kappa shape index (κ1) is 24.4. The highest BCUT2D eigenvalue weighted by Crippen LogP contribution is 2.28. The minimum absolute atomic E-state index is 0.0955. The van der Waals surface area contributed by atoms with Crippen molar-refractivity contribution in [3.8, 4) is 11.1 Å². The minimum atomic E-state index is -5.08. The number of carbonyl (C=O) groups excluding carboxylic acids is 1. The van der Waals surface area contributed by atoms with E-state index in [4.69, 9.17) is 21.5 Å². The molecule has 0 saturated heterocycles. The van der Waals surface area contributed by atoms with Crippen LogP contribution in [0.4, 0.5) is 13.2 Å². The summed E-state index contributed by atoms with van der Waals surface area (Å²) in [7, 11) is 3.43. The van der Waals surface area contributed by atoms with Gasteiger partial charge in [0.2, 0.25) is 0 Å². The highest BCUT2D eigenvalue weighted by Gasteiger charge is 2.38. The largest absolute Gasteiger partial charge is 0.490 e. The number of nitrogens with zero attached hydrogens (tertiary/aromatic N) is 2. The summed E-state index contributed by atoms with van der Waals surface area (Å²) >= 11 is 6.32. The van der Waals surface area contributed by atoms with Gasteiger partial charge in [0, 0.05) is 26.8 Å². The molecular weight excluding hydrogens is 435 g/mol. The van der Waals surface area contributed by atoms with Gasteiger partial charge in [-0.25, -0.2) is 4.79 Å². The molecule has 1 aliphatic heterocycles. The summed E-state index contributed by atoms with van der Waals surface area (Å²) in [5.41, 5.74) is 4.80. The van der Waals surface area contributed by atoms with Crippen molar-refractivity contribution in [3.63, 3.8) is 0 Å². The van der Waals surface area contributed by atoms with E-state index in [1.807, 2.05) is 24.4 Å². The molecule has 166 valence electrons. The van der Waals surface area contributed by atoms with Crippen LogP contribution in [-0.4, -0.2) is 60.2 Å². The monoisotopic (exact) mass is 455 g/mol. The topological polar surface area (TPSA) is 82.5 Å². The molecule has 0 bridgehead atoms. The van der Waals surface area contributed by atoms with Gasteiger partial charge in [-0.05, 0) is 53.9 Å².